The molecule has 0 radical (unpaired) electrons. The molecule has 2 aromatic carbocycles. The van der Waals surface area contributed by atoms with Crippen LogP contribution in [0.3, 0.4) is 0 Å². The Labute approximate surface area is 187 Å². The Morgan fingerprint density at radius 1 is 1.09 bits per heavy atom. The zero-order chi connectivity index (χ0) is 22.5. The number of aromatic nitrogens is 1. The van der Waals surface area contributed by atoms with Crippen molar-refractivity contribution in [2.24, 2.45) is 5.92 Å². The predicted octanol–water partition coefficient (Wildman–Crippen LogP) is 5.10. The highest BCUT2D eigenvalue weighted by atomic mass is 19.1. The van der Waals surface area contributed by atoms with Gasteiger partial charge in [0.2, 0.25) is 5.89 Å². The van der Waals surface area contributed by atoms with Crippen molar-refractivity contribution in [1.29, 1.82) is 0 Å². The highest BCUT2D eigenvalue weighted by Crippen LogP contribution is 2.28. The van der Waals surface area contributed by atoms with Gasteiger partial charge in [0.05, 0.1) is 26.5 Å². The smallest absolute Gasteiger partial charge is 0.226 e. The Morgan fingerprint density at radius 3 is 2.62 bits per heavy atom. The van der Waals surface area contributed by atoms with Crippen molar-refractivity contribution < 1.29 is 23.0 Å². The molecule has 1 atom stereocenters. The van der Waals surface area contributed by atoms with E-state index in [0.29, 0.717) is 30.5 Å². The number of piperidine rings is 1. The first-order valence-corrected chi connectivity index (χ1v) is 10.8. The van der Waals surface area contributed by atoms with Gasteiger partial charge in [0.15, 0.2) is 11.6 Å². The van der Waals surface area contributed by atoms with Crippen LogP contribution in [0.15, 0.2) is 46.9 Å². The number of oxazole rings is 1. The number of aryl methyl sites for hydroxylation is 1. The quantitative estimate of drug-likeness (QED) is 0.486. The molecular formula is C25H29FN2O4. The largest absolute Gasteiger partial charge is 0.497 e. The Morgan fingerprint density at radius 2 is 1.88 bits per heavy atom. The zero-order valence-corrected chi connectivity index (χ0v) is 18.8. The normalized spacial score (nSPS) is 16.7. The van der Waals surface area contributed by atoms with Crippen molar-refractivity contribution in [3.05, 3.63) is 59.7 Å². The lowest BCUT2D eigenvalue weighted by Crippen LogP contribution is -2.37. The van der Waals surface area contributed by atoms with Crippen LogP contribution in [-0.4, -0.2) is 43.8 Å². The monoisotopic (exact) mass is 440 g/mol. The van der Waals surface area contributed by atoms with Crippen LogP contribution in [0.4, 0.5) is 4.39 Å². The average molecular weight is 441 g/mol. The van der Waals surface area contributed by atoms with E-state index in [1.807, 2.05) is 31.2 Å². The third-order valence-electron chi connectivity index (χ3n) is 5.81. The third kappa shape index (κ3) is 5.22. The molecule has 0 spiro atoms. The number of benzene rings is 2. The van der Waals surface area contributed by atoms with E-state index in [0.717, 1.165) is 48.9 Å². The van der Waals surface area contributed by atoms with Gasteiger partial charge in [-0.2, -0.15) is 0 Å². The minimum atomic E-state index is -0.407. The zero-order valence-electron chi connectivity index (χ0n) is 18.8. The molecule has 0 aliphatic carbocycles. The molecule has 0 saturated carbocycles. The van der Waals surface area contributed by atoms with E-state index < -0.39 is 5.82 Å². The van der Waals surface area contributed by atoms with Crippen LogP contribution >= 0.6 is 0 Å². The van der Waals surface area contributed by atoms with Gasteiger partial charge >= 0.3 is 0 Å². The van der Waals surface area contributed by atoms with Crippen molar-refractivity contribution in [1.82, 2.24) is 9.88 Å². The van der Waals surface area contributed by atoms with Crippen LogP contribution in [0, 0.1) is 18.7 Å². The summed E-state index contributed by atoms with van der Waals surface area (Å²) in [6.45, 7) is 5.28. The standard InChI is InChI=1S/C25H29FN2O4/c1-17-23(27-25(32-17)19-6-11-22(26)24(13-19)30-3)15-28-12-4-5-18(14-28)16-31-21-9-7-20(29-2)8-10-21/h6-11,13,18H,4-5,12,14-16H2,1-3H3/t18-/m1/s1. The maximum Gasteiger partial charge on any atom is 0.226 e. The summed E-state index contributed by atoms with van der Waals surface area (Å²) in [5, 5.41) is 0. The summed E-state index contributed by atoms with van der Waals surface area (Å²) < 4.78 is 35.9. The van der Waals surface area contributed by atoms with Gasteiger partial charge in [0.25, 0.3) is 0 Å². The van der Waals surface area contributed by atoms with E-state index in [1.54, 1.807) is 19.2 Å². The second-order valence-corrected chi connectivity index (χ2v) is 8.10. The molecule has 1 aliphatic heterocycles. The molecular weight excluding hydrogens is 411 g/mol. The lowest BCUT2D eigenvalue weighted by Gasteiger charge is -2.32. The molecule has 2 heterocycles. The summed E-state index contributed by atoms with van der Waals surface area (Å²) in [6.07, 6.45) is 2.26. The number of hydrogen-bond donors (Lipinski definition) is 0. The highest BCUT2D eigenvalue weighted by Gasteiger charge is 2.23. The van der Waals surface area contributed by atoms with Gasteiger partial charge in [-0.3, -0.25) is 4.90 Å². The molecule has 1 fully saturated rings. The molecule has 1 saturated heterocycles. The van der Waals surface area contributed by atoms with E-state index in [1.165, 1.54) is 13.2 Å². The fourth-order valence-electron chi connectivity index (χ4n) is 4.02. The number of likely N-dealkylation sites (tertiary alicyclic amines) is 1. The van der Waals surface area contributed by atoms with Crippen molar-refractivity contribution in [3.8, 4) is 28.7 Å². The lowest BCUT2D eigenvalue weighted by molar-refractivity contribution is 0.124. The Balaban J connectivity index is 1.36. The maximum absolute atomic E-state index is 13.7. The van der Waals surface area contributed by atoms with Crippen LogP contribution in [0.2, 0.25) is 0 Å². The molecule has 0 N–H and O–H groups in total. The Kier molecular flexibility index (Phi) is 6.95. The van der Waals surface area contributed by atoms with Crippen LogP contribution in [0.5, 0.6) is 17.2 Å². The lowest BCUT2D eigenvalue weighted by atomic mass is 9.99. The van der Waals surface area contributed by atoms with Crippen LogP contribution in [0.25, 0.3) is 11.5 Å². The summed E-state index contributed by atoms with van der Waals surface area (Å²) in [5.74, 6) is 3.16. The van der Waals surface area contributed by atoms with Crippen molar-refractivity contribution in [2.45, 2.75) is 26.3 Å². The molecule has 0 amide bonds. The van der Waals surface area contributed by atoms with Gasteiger partial charge in [0, 0.05) is 24.6 Å². The van der Waals surface area contributed by atoms with Gasteiger partial charge in [0.1, 0.15) is 17.3 Å². The van der Waals surface area contributed by atoms with Gasteiger partial charge in [-0.25, -0.2) is 9.37 Å². The number of methoxy groups -OCH3 is 2. The van der Waals surface area contributed by atoms with Gasteiger partial charge in [-0.15, -0.1) is 0 Å². The first-order chi connectivity index (χ1) is 15.6. The van der Waals surface area contributed by atoms with Gasteiger partial charge < -0.3 is 18.6 Å². The van der Waals surface area contributed by atoms with E-state index in [9.17, 15) is 4.39 Å². The second kappa shape index (κ2) is 10.0. The van der Waals surface area contributed by atoms with Crippen LogP contribution in [0.1, 0.15) is 24.3 Å². The van der Waals surface area contributed by atoms with Crippen molar-refractivity contribution in [2.75, 3.05) is 33.9 Å². The summed E-state index contributed by atoms with van der Waals surface area (Å²) >= 11 is 0. The van der Waals surface area contributed by atoms with E-state index >= 15 is 0 Å². The van der Waals surface area contributed by atoms with Crippen molar-refractivity contribution in [3.63, 3.8) is 0 Å². The molecule has 1 aliphatic rings. The van der Waals surface area contributed by atoms with Gasteiger partial charge in [-0.1, -0.05) is 0 Å². The Bertz CT molecular complexity index is 1030. The summed E-state index contributed by atoms with van der Waals surface area (Å²) in [4.78, 5) is 7.08. The highest BCUT2D eigenvalue weighted by molar-refractivity contribution is 5.56. The molecule has 32 heavy (non-hydrogen) atoms. The minimum Gasteiger partial charge on any atom is -0.497 e. The average Bonchev–Trinajstić information content (AvgIpc) is 3.18. The fourth-order valence-corrected chi connectivity index (χ4v) is 4.02. The fraction of sp³-hybridized carbons (Fsp3) is 0.400. The minimum absolute atomic E-state index is 0.177. The summed E-state index contributed by atoms with van der Waals surface area (Å²) in [7, 11) is 3.10. The number of hydrogen-bond acceptors (Lipinski definition) is 6. The summed E-state index contributed by atoms with van der Waals surface area (Å²) in [5.41, 5.74) is 1.60. The molecule has 1 aromatic heterocycles. The predicted molar refractivity (Wildman–Crippen MR) is 120 cm³/mol. The SMILES string of the molecule is COc1ccc(OC[C@@H]2CCCN(Cc3nc(-c4ccc(F)c(OC)c4)oc3C)C2)cc1. The van der Waals surface area contributed by atoms with Crippen LogP contribution in [-0.2, 0) is 6.54 Å². The molecule has 0 bridgehead atoms. The maximum atomic E-state index is 13.7. The number of rotatable bonds is 8. The topological polar surface area (TPSA) is 57.0 Å². The molecule has 170 valence electrons. The molecule has 4 rings (SSSR count). The van der Waals surface area contributed by atoms with E-state index in [2.05, 4.69) is 9.88 Å². The first-order valence-electron chi connectivity index (χ1n) is 10.8. The molecule has 3 aromatic rings. The number of halogens is 1. The molecule has 7 heteroatoms. The first kappa shape index (κ1) is 22.1. The molecule has 0 unspecified atom stereocenters. The van der Waals surface area contributed by atoms with E-state index in [-0.39, 0.29) is 5.75 Å². The van der Waals surface area contributed by atoms with E-state index in [4.69, 9.17) is 18.6 Å². The van der Waals surface area contributed by atoms with Gasteiger partial charge in [-0.05, 0) is 68.8 Å². The second-order valence-electron chi connectivity index (χ2n) is 8.10. The third-order valence-corrected chi connectivity index (χ3v) is 5.81. The molecule has 6 nitrogen and oxygen atoms in total. The number of ether oxygens (including phenoxy) is 3. The number of nitrogens with zero attached hydrogens (tertiary/aromatic N) is 2. The van der Waals surface area contributed by atoms with Crippen molar-refractivity contribution >= 4 is 0 Å². The van der Waals surface area contributed by atoms with Crippen LogP contribution < -0.4 is 14.2 Å². The Hall–Kier alpha value is -3.06. The summed E-state index contributed by atoms with van der Waals surface area (Å²) in [6, 6.07) is 12.3.